The van der Waals surface area contributed by atoms with Gasteiger partial charge >= 0.3 is 0 Å². The third-order valence-electron chi connectivity index (χ3n) is 3.07. The van der Waals surface area contributed by atoms with Crippen molar-refractivity contribution in [1.82, 2.24) is 15.3 Å². The third-order valence-corrected chi connectivity index (χ3v) is 3.07. The van der Waals surface area contributed by atoms with Crippen LogP contribution < -0.4 is 10.9 Å². The zero-order valence-corrected chi connectivity index (χ0v) is 12.2. The van der Waals surface area contributed by atoms with Crippen molar-refractivity contribution in [1.29, 1.82) is 0 Å². The summed E-state index contributed by atoms with van der Waals surface area (Å²) in [4.78, 5) is 30.7. The molecule has 112 valence electrons. The molecule has 2 rings (SSSR count). The number of hydrogen-bond donors (Lipinski definition) is 2. The summed E-state index contributed by atoms with van der Waals surface area (Å²) in [5.41, 5.74) is 0.466. The molecule has 0 unspecified atom stereocenters. The predicted octanol–water partition coefficient (Wildman–Crippen LogP) is 1.01. The molecule has 0 saturated heterocycles. The molecule has 0 bridgehead atoms. The van der Waals surface area contributed by atoms with Gasteiger partial charge in [-0.1, -0.05) is 12.1 Å². The van der Waals surface area contributed by atoms with E-state index in [9.17, 15) is 9.59 Å². The molecule has 2 aromatic rings. The fourth-order valence-corrected chi connectivity index (χ4v) is 2.12. The zero-order valence-electron chi connectivity index (χ0n) is 12.2. The maximum absolute atomic E-state index is 11.9. The van der Waals surface area contributed by atoms with Crippen LogP contribution in [0.4, 0.5) is 0 Å². The van der Waals surface area contributed by atoms with Crippen LogP contribution in [0, 0.1) is 0 Å². The summed E-state index contributed by atoms with van der Waals surface area (Å²) in [5, 5.41) is 3.37. The summed E-state index contributed by atoms with van der Waals surface area (Å²) in [5.74, 6) is 0.434. The van der Waals surface area contributed by atoms with Crippen LogP contribution in [-0.2, 0) is 16.0 Å². The lowest BCUT2D eigenvalue weighted by molar-refractivity contribution is -0.122. The van der Waals surface area contributed by atoms with Crippen molar-refractivity contribution in [2.45, 2.75) is 25.8 Å². The normalized spacial score (nSPS) is 12.3. The smallest absolute Gasteiger partial charge is 0.258 e. The Bertz CT molecular complexity index is 681. The van der Waals surface area contributed by atoms with Gasteiger partial charge in [0.05, 0.1) is 17.5 Å². The maximum Gasteiger partial charge on any atom is 0.258 e. The molecular weight excluding hydrogens is 270 g/mol. The molecule has 0 radical (unpaired) electrons. The number of nitrogens with one attached hydrogen (secondary N) is 2. The van der Waals surface area contributed by atoms with E-state index < -0.39 is 0 Å². The van der Waals surface area contributed by atoms with Crippen molar-refractivity contribution in [2.24, 2.45) is 0 Å². The number of aromatic nitrogens is 2. The van der Waals surface area contributed by atoms with Gasteiger partial charge in [0, 0.05) is 26.0 Å². The highest BCUT2D eigenvalue weighted by atomic mass is 16.5. The molecule has 6 heteroatoms. The van der Waals surface area contributed by atoms with Crippen LogP contribution in [0.5, 0.6) is 0 Å². The van der Waals surface area contributed by atoms with Crippen LogP contribution in [0.2, 0.25) is 0 Å². The molecule has 1 heterocycles. The quantitative estimate of drug-likeness (QED) is 0.831. The molecule has 0 aliphatic heterocycles. The second kappa shape index (κ2) is 6.99. The number of carbonyl (C=O) groups excluding carboxylic acids is 1. The third kappa shape index (κ3) is 4.13. The average molecular weight is 289 g/mol. The molecule has 1 aromatic heterocycles. The van der Waals surface area contributed by atoms with Crippen molar-refractivity contribution < 1.29 is 9.53 Å². The lowest BCUT2D eigenvalue weighted by Crippen LogP contribution is -2.35. The van der Waals surface area contributed by atoms with Gasteiger partial charge in [0.1, 0.15) is 5.82 Å². The van der Waals surface area contributed by atoms with E-state index in [1.54, 1.807) is 25.3 Å². The van der Waals surface area contributed by atoms with Crippen molar-refractivity contribution in [3.63, 3.8) is 0 Å². The molecule has 6 nitrogen and oxygen atoms in total. The monoisotopic (exact) mass is 289 g/mol. The minimum absolute atomic E-state index is 0.0360. The number of ether oxygens (including phenoxy) is 1. The van der Waals surface area contributed by atoms with Gasteiger partial charge in [0.25, 0.3) is 5.56 Å². The van der Waals surface area contributed by atoms with E-state index in [2.05, 4.69) is 15.3 Å². The van der Waals surface area contributed by atoms with E-state index >= 15 is 0 Å². The number of nitrogens with zero attached hydrogens (tertiary/aromatic N) is 1. The molecule has 1 atom stereocenters. The first-order chi connectivity index (χ1) is 10.1. The van der Waals surface area contributed by atoms with Crippen molar-refractivity contribution in [3.8, 4) is 0 Å². The highest BCUT2D eigenvalue weighted by molar-refractivity contribution is 5.78. The van der Waals surface area contributed by atoms with E-state index in [4.69, 9.17) is 4.74 Å². The number of carbonyl (C=O) groups is 1. The van der Waals surface area contributed by atoms with Crippen molar-refractivity contribution >= 4 is 16.8 Å². The summed E-state index contributed by atoms with van der Waals surface area (Å²) in [6.07, 6.45) is 0.668. The Kier molecular flexibility index (Phi) is 5.05. The predicted molar refractivity (Wildman–Crippen MR) is 80.2 cm³/mol. The minimum Gasteiger partial charge on any atom is -0.383 e. The lowest BCUT2D eigenvalue weighted by Gasteiger charge is -2.12. The number of benzene rings is 1. The number of rotatable bonds is 6. The van der Waals surface area contributed by atoms with Crippen molar-refractivity contribution in [2.75, 3.05) is 13.7 Å². The summed E-state index contributed by atoms with van der Waals surface area (Å²) < 4.78 is 4.96. The number of aromatic amines is 1. The van der Waals surface area contributed by atoms with Crippen LogP contribution in [-0.4, -0.2) is 35.6 Å². The van der Waals surface area contributed by atoms with Gasteiger partial charge in [-0.15, -0.1) is 0 Å². The lowest BCUT2D eigenvalue weighted by atomic mass is 10.2. The molecule has 1 aromatic carbocycles. The second-order valence-corrected chi connectivity index (χ2v) is 4.95. The van der Waals surface area contributed by atoms with E-state index in [0.717, 1.165) is 0 Å². The Morgan fingerprint density at radius 1 is 1.43 bits per heavy atom. The van der Waals surface area contributed by atoms with Crippen LogP contribution in [0.25, 0.3) is 10.9 Å². The standard InChI is InChI=1S/C15H19N3O3/c1-10(9-21-2)16-14(19)8-7-13-17-12-6-4-3-5-11(12)15(20)18-13/h3-6,10H,7-9H2,1-2H3,(H,16,19)(H,17,18,20)/t10-/m1/s1. The van der Waals surface area contributed by atoms with Gasteiger partial charge in [0.15, 0.2) is 0 Å². The topological polar surface area (TPSA) is 84.1 Å². The van der Waals surface area contributed by atoms with Gasteiger partial charge in [-0.05, 0) is 19.1 Å². The Hall–Kier alpha value is -2.21. The number of H-pyrrole nitrogens is 1. The summed E-state index contributed by atoms with van der Waals surface area (Å²) in [6, 6.07) is 7.10. The molecule has 0 aliphatic rings. The molecule has 0 aliphatic carbocycles. The van der Waals surface area contributed by atoms with E-state index in [1.807, 2.05) is 13.0 Å². The van der Waals surface area contributed by atoms with Crippen LogP contribution >= 0.6 is 0 Å². The van der Waals surface area contributed by atoms with Gasteiger partial charge in [-0.2, -0.15) is 0 Å². The molecule has 0 saturated carbocycles. The maximum atomic E-state index is 11.9. The molecule has 0 spiro atoms. The number of hydrogen-bond acceptors (Lipinski definition) is 4. The molecule has 21 heavy (non-hydrogen) atoms. The zero-order chi connectivity index (χ0) is 15.2. The number of fused-ring (bicyclic) bond motifs is 1. The van der Waals surface area contributed by atoms with E-state index in [-0.39, 0.29) is 23.9 Å². The van der Waals surface area contributed by atoms with E-state index in [1.165, 1.54) is 0 Å². The SMILES string of the molecule is COC[C@@H](C)NC(=O)CCc1nc2ccccc2c(=O)[nH]1. The summed E-state index contributed by atoms with van der Waals surface area (Å²) >= 11 is 0. The molecule has 0 fully saturated rings. The number of para-hydroxylation sites is 1. The Labute approximate surface area is 122 Å². The van der Waals surface area contributed by atoms with Crippen LogP contribution in [0.15, 0.2) is 29.1 Å². The Morgan fingerprint density at radius 2 is 2.19 bits per heavy atom. The number of aryl methyl sites for hydroxylation is 1. The fourth-order valence-electron chi connectivity index (χ4n) is 2.12. The van der Waals surface area contributed by atoms with Crippen molar-refractivity contribution in [3.05, 3.63) is 40.4 Å². The minimum atomic E-state index is -0.177. The van der Waals surface area contributed by atoms with E-state index in [0.29, 0.717) is 29.8 Å². The van der Waals surface area contributed by atoms with Crippen LogP contribution in [0.3, 0.4) is 0 Å². The molecular formula is C15H19N3O3. The summed E-state index contributed by atoms with van der Waals surface area (Å²) in [6.45, 7) is 2.34. The second-order valence-electron chi connectivity index (χ2n) is 4.95. The highest BCUT2D eigenvalue weighted by Crippen LogP contribution is 2.06. The van der Waals surface area contributed by atoms with Crippen LogP contribution in [0.1, 0.15) is 19.2 Å². The van der Waals surface area contributed by atoms with Gasteiger partial charge in [-0.3, -0.25) is 9.59 Å². The first kappa shape index (κ1) is 15.2. The Balaban J connectivity index is 2.00. The largest absolute Gasteiger partial charge is 0.383 e. The van der Waals surface area contributed by atoms with Gasteiger partial charge in [0.2, 0.25) is 5.91 Å². The average Bonchev–Trinajstić information content (AvgIpc) is 2.45. The number of methoxy groups -OCH3 is 1. The number of amides is 1. The highest BCUT2D eigenvalue weighted by Gasteiger charge is 2.09. The first-order valence-electron chi connectivity index (χ1n) is 6.86. The molecule has 1 amide bonds. The Morgan fingerprint density at radius 3 is 2.95 bits per heavy atom. The molecule has 2 N–H and O–H groups in total. The first-order valence-corrected chi connectivity index (χ1v) is 6.86. The van der Waals surface area contributed by atoms with Gasteiger partial charge < -0.3 is 15.0 Å². The summed E-state index contributed by atoms with van der Waals surface area (Å²) in [7, 11) is 1.59. The van der Waals surface area contributed by atoms with Gasteiger partial charge in [-0.25, -0.2) is 4.98 Å². The fraction of sp³-hybridized carbons (Fsp3) is 0.400.